The van der Waals surface area contributed by atoms with E-state index in [0.717, 1.165) is 51.3 Å². The van der Waals surface area contributed by atoms with Crippen LogP contribution in [0.1, 0.15) is 32.6 Å². The van der Waals surface area contributed by atoms with Crippen LogP contribution in [-0.4, -0.2) is 48.9 Å². The monoisotopic (exact) mass is 294 g/mol. The molecule has 0 aromatic carbocycles. The summed E-state index contributed by atoms with van der Waals surface area (Å²) < 4.78 is 11.4. The van der Waals surface area contributed by atoms with Crippen LogP contribution in [0.25, 0.3) is 0 Å². The van der Waals surface area contributed by atoms with Gasteiger partial charge in [0.15, 0.2) is 0 Å². The Morgan fingerprint density at radius 2 is 2.14 bits per heavy atom. The van der Waals surface area contributed by atoms with E-state index in [9.17, 15) is 0 Å². The van der Waals surface area contributed by atoms with Gasteiger partial charge in [0.1, 0.15) is 0 Å². The van der Waals surface area contributed by atoms with Crippen LogP contribution in [-0.2, 0) is 4.74 Å². The summed E-state index contributed by atoms with van der Waals surface area (Å²) in [6.45, 7) is 6.06. The van der Waals surface area contributed by atoms with Crippen molar-refractivity contribution < 1.29 is 9.47 Å². The average Bonchev–Trinajstić information content (AvgIpc) is 2.54. The van der Waals surface area contributed by atoms with Crippen molar-refractivity contribution in [2.75, 3.05) is 37.7 Å². The quantitative estimate of drug-likeness (QED) is 0.734. The molecule has 1 aromatic rings. The summed E-state index contributed by atoms with van der Waals surface area (Å²) in [6, 6.07) is 1.81. The molecule has 6 heteroatoms. The van der Waals surface area contributed by atoms with Crippen molar-refractivity contribution in [1.29, 1.82) is 0 Å². The standard InChI is InChI=1S/C15H26N4O2/c1-2-11-21-14-4-8-17-15(18-14)19-9-5-13(6-10-19)20-12-3-7-16/h4,8,13H,2-3,5-7,9-12,16H2,1H3. The number of hydrogen-bond donors (Lipinski definition) is 1. The van der Waals surface area contributed by atoms with Gasteiger partial charge < -0.3 is 20.1 Å². The van der Waals surface area contributed by atoms with Crippen LogP contribution in [0, 0.1) is 0 Å². The Hall–Kier alpha value is -1.40. The molecule has 2 heterocycles. The van der Waals surface area contributed by atoms with E-state index in [1.807, 2.05) is 6.07 Å². The summed E-state index contributed by atoms with van der Waals surface area (Å²) in [5.74, 6) is 1.41. The van der Waals surface area contributed by atoms with Crippen molar-refractivity contribution >= 4 is 5.95 Å². The highest BCUT2D eigenvalue weighted by Crippen LogP contribution is 2.19. The van der Waals surface area contributed by atoms with Crippen LogP contribution in [0.4, 0.5) is 5.95 Å². The molecule has 1 aromatic heterocycles. The van der Waals surface area contributed by atoms with E-state index >= 15 is 0 Å². The number of piperidine rings is 1. The molecule has 0 aliphatic carbocycles. The fraction of sp³-hybridized carbons (Fsp3) is 0.733. The molecule has 1 fully saturated rings. The first-order chi connectivity index (χ1) is 10.3. The molecule has 1 aliphatic rings. The number of nitrogens with zero attached hydrogens (tertiary/aromatic N) is 3. The van der Waals surface area contributed by atoms with E-state index in [1.165, 1.54) is 0 Å². The van der Waals surface area contributed by atoms with Gasteiger partial charge in [0.25, 0.3) is 0 Å². The third-order valence-corrected chi connectivity index (χ3v) is 3.50. The number of hydrogen-bond acceptors (Lipinski definition) is 6. The zero-order valence-electron chi connectivity index (χ0n) is 12.8. The van der Waals surface area contributed by atoms with E-state index in [-0.39, 0.29) is 0 Å². The second-order valence-corrected chi connectivity index (χ2v) is 5.24. The first-order valence-electron chi connectivity index (χ1n) is 7.86. The van der Waals surface area contributed by atoms with Crippen molar-refractivity contribution in [3.63, 3.8) is 0 Å². The van der Waals surface area contributed by atoms with Crippen LogP contribution >= 0.6 is 0 Å². The summed E-state index contributed by atoms with van der Waals surface area (Å²) in [7, 11) is 0. The third-order valence-electron chi connectivity index (χ3n) is 3.50. The highest BCUT2D eigenvalue weighted by molar-refractivity contribution is 5.32. The van der Waals surface area contributed by atoms with E-state index in [1.54, 1.807) is 6.20 Å². The summed E-state index contributed by atoms with van der Waals surface area (Å²) in [6.07, 6.45) is 6.02. The molecule has 0 atom stereocenters. The molecule has 0 saturated carbocycles. The Bertz CT molecular complexity index is 408. The molecule has 6 nitrogen and oxygen atoms in total. The normalized spacial score (nSPS) is 16.2. The molecule has 118 valence electrons. The zero-order valence-corrected chi connectivity index (χ0v) is 12.8. The Morgan fingerprint density at radius 1 is 1.33 bits per heavy atom. The SMILES string of the molecule is CCCOc1ccnc(N2CCC(OCCCN)CC2)n1. The molecule has 0 spiro atoms. The molecule has 0 unspecified atom stereocenters. The first-order valence-corrected chi connectivity index (χ1v) is 7.86. The Kier molecular flexibility index (Phi) is 6.69. The van der Waals surface area contributed by atoms with Crippen LogP contribution in [0.3, 0.4) is 0 Å². The minimum atomic E-state index is 0.340. The van der Waals surface area contributed by atoms with Crippen LogP contribution in [0.15, 0.2) is 12.3 Å². The molecule has 21 heavy (non-hydrogen) atoms. The number of aromatic nitrogens is 2. The predicted molar refractivity (Wildman–Crippen MR) is 82.7 cm³/mol. The molecule has 1 aliphatic heterocycles. The lowest BCUT2D eigenvalue weighted by atomic mass is 10.1. The first kappa shape index (κ1) is 16.0. The molecule has 2 rings (SSSR count). The summed E-state index contributed by atoms with van der Waals surface area (Å²) in [4.78, 5) is 11.0. The highest BCUT2D eigenvalue weighted by Gasteiger charge is 2.21. The summed E-state index contributed by atoms with van der Waals surface area (Å²) in [5, 5.41) is 0. The third kappa shape index (κ3) is 5.13. The van der Waals surface area contributed by atoms with Gasteiger partial charge >= 0.3 is 0 Å². The van der Waals surface area contributed by atoms with Crippen molar-refractivity contribution in [2.24, 2.45) is 5.73 Å². The average molecular weight is 294 g/mol. The number of ether oxygens (including phenoxy) is 2. The molecule has 0 radical (unpaired) electrons. The van der Waals surface area contributed by atoms with Gasteiger partial charge in [0, 0.05) is 32.0 Å². The van der Waals surface area contributed by atoms with Crippen LogP contribution < -0.4 is 15.4 Å². The van der Waals surface area contributed by atoms with Crippen molar-refractivity contribution in [1.82, 2.24) is 9.97 Å². The molecule has 0 bridgehead atoms. The second-order valence-electron chi connectivity index (χ2n) is 5.24. The van der Waals surface area contributed by atoms with E-state index in [2.05, 4.69) is 21.8 Å². The van der Waals surface area contributed by atoms with Gasteiger partial charge in [-0.1, -0.05) is 6.92 Å². The lowest BCUT2D eigenvalue weighted by Crippen LogP contribution is -2.38. The number of rotatable bonds is 8. The number of nitrogens with two attached hydrogens (primary N) is 1. The van der Waals surface area contributed by atoms with Gasteiger partial charge in [0.05, 0.1) is 12.7 Å². The maximum atomic E-state index is 5.81. The molecule has 1 saturated heterocycles. The van der Waals surface area contributed by atoms with Crippen molar-refractivity contribution in [3.8, 4) is 5.88 Å². The highest BCUT2D eigenvalue weighted by atomic mass is 16.5. The van der Waals surface area contributed by atoms with E-state index in [0.29, 0.717) is 25.1 Å². The zero-order chi connectivity index (χ0) is 14.9. The second kappa shape index (κ2) is 8.79. The van der Waals surface area contributed by atoms with Crippen LogP contribution in [0.2, 0.25) is 0 Å². The lowest BCUT2D eigenvalue weighted by Gasteiger charge is -2.31. The van der Waals surface area contributed by atoms with E-state index < -0.39 is 0 Å². The molecule has 0 amide bonds. The minimum Gasteiger partial charge on any atom is -0.478 e. The molecular weight excluding hydrogens is 268 g/mol. The number of anilines is 1. The van der Waals surface area contributed by atoms with Crippen molar-refractivity contribution in [3.05, 3.63) is 12.3 Å². The Morgan fingerprint density at radius 3 is 2.86 bits per heavy atom. The van der Waals surface area contributed by atoms with Crippen molar-refractivity contribution in [2.45, 2.75) is 38.7 Å². The fourth-order valence-corrected chi connectivity index (χ4v) is 2.33. The predicted octanol–water partition coefficient (Wildman–Crippen LogP) is 1.60. The fourth-order valence-electron chi connectivity index (χ4n) is 2.33. The Labute approximate surface area is 126 Å². The van der Waals surface area contributed by atoms with Crippen LogP contribution in [0.5, 0.6) is 5.88 Å². The molecule has 2 N–H and O–H groups in total. The Balaban J connectivity index is 1.81. The summed E-state index contributed by atoms with van der Waals surface area (Å²) in [5.41, 5.74) is 5.47. The lowest BCUT2D eigenvalue weighted by molar-refractivity contribution is 0.0364. The van der Waals surface area contributed by atoms with Gasteiger partial charge in [-0.15, -0.1) is 0 Å². The smallest absolute Gasteiger partial charge is 0.228 e. The van der Waals surface area contributed by atoms with E-state index in [4.69, 9.17) is 15.2 Å². The van der Waals surface area contributed by atoms with Gasteiger partial charge in [0.2, 0.25) is 11.8 Å². The maximum Gasteiger partial charge on any atom is 0.228 e. The topological polar surface area (TPSA) is 73.5 Å². The largest absolute Gasteiger partial charge is 0.478 e. The van der Waals surface area contributed by atoms with Gasteiger partial charge in [-0.2, -0.15) is 4.98 Å². The van der Waals surface area contributed by atoms with Gasteiger partial charge in [-0.3, -0.25) is 0 Å². The van der Waals surface area contributed by atoms with Gasteiger partial charge in [-0.05, 0) is 32.2 Å². The summed E-state index contributed by atoms with van der Waals surface area (Å²) >= 11 is 0. The molecular formula is C15H26N4O2. The minimum absolute atomic E-state index is 0.340. The van der Waals surface area contributed by atoms with Gasteiger partial charge in [-0.25, -0.2) is 4.98 Å². The maximum absolute atomic E-state index is 5.81.